The van der Waals surface area contributed by atoms with Crippen LogP contribution in [0.1, 0.15) is 25.8 Å². The number of nitrogens with zero attached hydrogens (tertiary/aromatic N) is 1. The van der Waals surface area contributed by atoms with E-state index in [1.54, 1.807) is 18.7 Å². The summed E-state index contributed by atoms with van der Waals surface area (Å²) in [5.41, 5.74) is 1.10. The fraction of sp³-hybridized carbons (Fsp3) is 0.550. The summed E-state index contributed by atoms with van der Waals surface area (Å²) in [4.78, 5) is 38.1. The van der Waals surface area contributed by atoms with Crippen LogP contribution >= 0.6 is 11.8 Å². The maximum atomic E-state index is 12.9. The van der Waals surface area contributed by atoms with E-state index < -0.39 is 30.1 Å². The van der Waals surface area contributed by atoms with E-state index in [1.807, 2.05) is 30.3 Å². The highest BCUT2D eigenvalue weighted by Crippen LogP contribution is 2.17. The van der Waals surface area contributed by atoms with Crippen molar-refractivity contribution >= 4 is 29.6 Å². The number of aryl methyl sites for hydroxylation is 1. The molecule has 1 aromatic carbocycles. The van der Waals surface area contributed by atoms with Gasteiger partial charge in [0.15, 0.2) is 0 Å². The minimum absolute atomic E-state index is 0.262. The maximum Gasteiger partial charge on any atom is 0.326 e. The molecule has 28 heavy (non-hydrogen) atoms. The van der Waals surface area contributed by atoms with Crippen molar-refractivity contribution in [2.75, 3.05) is 24.7 Å². The number of nitrogens with one attached hydrogen (secondary N) is 1. The molecule has 7 nitrogen and oxygen atoms in total. The lowest BCUT2D eigenvalue weighted by Crippen LogP contribution is -2.55. The number of carboxylic acid groups (broad SMARTS) is 1. The average molecular weight is 409 g/mol. The predicted octanol–water partition coefficient (Wildman–Crippen LogP) is 1.56. The Bertz CT molecular complexity index is 670. The number of carbonyl (C=O) groups is 3. The Kier molecular flexibility index (Phi) is 8.79. The fourth-order valence-electron chi connectivity index (χ4n) is 3.09. The fourth-order valence-corrected chi connectivity index (χ4v) is 4.06. The molecule has 2 N–H and O–H groups in total. The molecule has 0 bridgehead atoms. The van der Waals surface area contributed by atoms with Gasteiger partial charge >= 0.3 is 11.9 Å². The van der Waals surface area contributed by atoms with Crippen LogP contribution in [0.5, 0.6) is 0 Å². The summed E-state index contributed by atoms with van der Waals surface area (Å²) >= 11 is 1.57. The molecule has 0 aromatic heterocycles. The molecule has 2 rings (SSSR count). The summed E-state index contributed by atoms with van der Waals surface area (Å²) < 4.78 is 5.19. The quantitative estimate of drug-likeness (QED) is 0.599. The number of esters is 1. The van der Waals surface area contributed by atoms with Crippen LogP contribution in [0.3, 0.4) is 0 Å². The molecule has 0 radical (unpaired) electrons. The standard InChI is InChI=1S/C20H28N2O5S/c1-3-27-20(26)16(10-9-15-7-5-4-6-8-15)21-17-13-28-12-11-22(18(17)23)14(2)19(24)25/h4-8,14,16-17,21H,3,9-13H2,1-2H3,(H,24,25)/t14-,16-,17-/m0/s1. The molecule has 0 saturated carbocycles. The van der Waals surface area contributed by atoms with Crippen molar-refractivity contribution in [3.63, 3.8) is 0 Å². The van der Waals surface area contributed by atoms with E-state index in [0.717, 1.165) is 5.56 Å². The highest BCUT2D eigenvalue weighted by molar-refractivity contribution is 7.99. The molecular weight excluding hydrogens is 380 g/mol. The number of rotatable bonds is 9. The zero-order valence-corrected chi connectivity index (χ0v) is 17.1. The third kappa shape index (κ3) is 6.24. The smallest absolute Gasteiger partial charge is 0.326 e. The first-order chi connectivity index (χ1) is 13.4. The normalized spacial score (nSPS) is 19.6. The van der Waals surface area contributed by atoms with Crippen molar-refractivity contribution in [2.24, 2.45) is 0 Å². The molecule has 1 fully saturated rings. The van der Waals surface area contributed by atoms with Crippen LogP contribution in [-0.2, 0) is 25.5 Å². The minimum atomic E-state index is -1.04. The second-order valence-corrected chi connectivity index (χ2v) is 7.82. The molecule has 0 aliphatic carbocycles. The van der Waals surface area contributed by atoms with E-state index >= 15 is 0 Å². The number of hydrogen-bond acceptors (Lipinski definition) is 6. The van der Waals surface area contributed by atoms with Crippen LogP contribution < -0.4 is 5.32 Å². The zero-order chi connectivity index (χ0) is 20.5. The monoisotopic (exact) mass is 408 g/mol. The van der Waals surface area contributed by atoms with Crippen molar-refractivity contribution in [1.29, 1.82) is 0 Å². The van der Waals surface area contributed by atoms with E-state index in [9.17, 15) is 19.5 Å². The molecule has 0 unspecified atom stereocenters. The topological polar surface area (TPSA) is 95.9 Å². The summed E-state index contributed by atoms with van der Waals surface area (Å²) in [5, 5.41) is 12.4. The van der Waals surface area contributed by atoms with E-state index in [1.165, 1.54) is 11.8 Å². The van der Waals surface area contributed by atoms with Crippen LogP contribution in [0.15, 0.2) is 30.3 Å². The maximum absolute atomic E-state index is 12.9. The van der Waals surface area contributed by atoms with Gasteiger partial charge in [-0.15, -0.1) is 0 Å². The molecule has 0 spiro atoms. The van der Waals surface area contributed by atoms with E-state index in [4.69, 9.17) is 4.74 Å². The molecule has 1 amide bonds. The van der Waals surface area contributed by atoms with Crippen molar-refractivity contribution < 1.29 is 24.2 Å². The Morgan fingerprint density at radius 3 is 2.71 bits per heavy atom. The van der Waals surface area contributed by atoms with Gasteiger partial charge in [0.1, 0.15) is 12.1 Å². The van der Waals surface area contributed by atoms with Gasteiger partial charge in [0.25, 0.3) is 0 Å². The number of benzene rings is 1. The average Bonchev–Trinajstić information content (AvgIpc) is 2.87. The number of aliphatic carboxylic acids is 1. The Labute approximate surface area is 169 Å². The predicted molar refractivity (Wildman–Crippen MR) is 108 cm³/mol. The highest BCUT2D eigenvalue weighted by Gasteiger charge is 2.35. The van der Waals surface area contributed by atoms with Crippen LogP contribution in [-0.4, -0.2) is 70.6 Å². The molecular formula is C20H28N2O5S. The third-order valence-corrected chi connectivity index (χ3v) is 5.75. The van der Waals surface area contributed by atoms with Gasteiger partial charge in [0, 0.05) is 18.1 Å². The van der Waals surface area contributed by atoms with Gasteiger partial charge in [0.05, 0.1) is 12.6 Å². The number of carboxylic acids is 1. The van der Waals surface area contributed by atoms with Crippen molar-refractivity contribution in [2.45, 2.75) is 44.8 Å². The first-order valence-electron chi connectivity index (χ1n) is 9.51. The lowest BCUT2D eigenvalue weighted by atomic mass is 10.0. The molecule has 1 saturated heterocycles. The molecule has 154 valence electrons. The van der Waals surface area contributed by atoms with Crippen molar-refractivity contribution in [1.82, 2.24) is 10.2 Å². The molecule has 1 heterocycles. The van der Waals surface area contributed by atoms with E-state index in [-0.39, 0.29) is 12.5 Å². The Morgan fingerprint density at radius 2 is 2.07 bits per heavy atom. The zero-order valence-electron chi connectivity index (χ0n) is 16.3. The number of carbonyl (C=O) groups excluding carboxylic acids is 2. The number of amides is 1. The summed E-state index contributed by atoms with van der Waals surface area (Å²) in [5.74, 6) is -0.560. The van der Waals surface area contributed by atoms with Gasteiger partial charge < -0.3 is 14.7 Å². The summed E-state index contributed by atoms with van der Waals surface area (Å²) in [6.07, 6.45) is 1.16. The molecule has 1 aromatic rings. The minimum Gasteiger partial charge on any atom is -0.480 e. The number of thioether (sulfide) groups is 1. The van der Waals surface area contributed by atoms with E-state index in [2.05, 4.69) is 5.32 Å². The lowest BCUT2D eigenvalue weighted by Gasteiger charge is -2.29. The Morgan fingerprint density at radius 1 is 1.36 bits per heavy atom. The SMILES string of the molecule is CCOC(=O)[C@H](CCc1ccccc1)N[C@H]1CSCCN([C@@H](C)C(=O)O)C1=O. The number of hydrogen-bond donors (Lipinski definition) is 2. The summed E-state index contributed by atoms with van der Waals surface area (Å²) in [6.45, 7) is 3.89. The Balaban J connectivity index is 2.10. The molecule has 1 aliphatic heterocycles. The molecule has 3 atom stereocenters. The Hall–Kier alpha value is -2.06. The summed E-state index contributed by atoms with van der Waals surface area (Å²) in [6, 6.07) is 7.65. The van der Waals surface area contributed by atoms with Crippen molar-refractivity contribution in [3.8, 4) is 0 Å². The van der Waals surface area contributed by atoms with Crippen LogP contribution in [0.2, 0.25) is 0 Å². The molecule has 1 aliphatic rings. The lowest BCUT2D eigenvalue weighted by molar-refractivity contribution is -0.151. The second kappa shape index (κ2) is 11.1. The van der Waals surface area contributed by atoms with Crippen molar-refractivity contribution in [3.05, 3.63) is 35.9 Å². The highest BCUT2D eigenvalue weighted by atomic mass is 32.2. The van der Waals surface area contributed by atoms with Gasteiger partial charge in [-0.25, -0.2) is 4.79 Å². The third-order valence-electron chi connectivity index (χ3n) is 4.71. The van der Waals surface area contributed by atoms with Crippen LogP contribution in [0.4, 0.5) is 0 Å². The van der Waals surface area contributed by atoms with E-state index in [0.29, 0.717) is 30.9 Å². The first-order valence-corrected chi connectivity index (χ1v) is 10.7. The second-order valence-electron chi connectivity index (χ2n) is 6.67. The van der Waals surface area contributed by atoms with Crippen LogP contribution in [0, 0.1) is 0 Å². The first kappa shape index (κ1) is 22.2. The van der Waals surface area contributed by atoms with Gasteiger partial charge in [-0.05, 0) is 32.3 Å². The van der Waals surface area contributed by atoms with Gasteiger partial charge in [0.2, 0.25) is 5.91 Å². The van der Waals surface area contributed by atoms with Gasteiger partial charge in [-0.3, -0.25) is 14.9 Å². The van der Waals surface area contributed by atoms with Crippen LogP contribution in [0.25, 0.3) is 0 Å². The van der Waals surface area contributed by atoms with Gasteiger partial charge in [-0.1, -0.05) is 30.3 Å². The summed E-state index contributed by atoms with van der Waals surface area (Å²) in [7, 11) is 0. The molecule has 8 heteroatoms. The number of ether oxygens (including phenoxy) is 1. The largest absolute Gasteiger partial charge is 0.480 e. The van der Waals surface area contributed by atoms with Gasteiger partial charge in [-0.2, -0.15) is 11.8 Å².